The molecule has 152 valence electrons. The molecule has 0 bridgehead atoms. The molecule has 1 saturated carbocycles. The van der Waals surface area contributed by atoms with Crippen molar-refractivity contribution in [2.24, 2.45) is 0 Å². The minimum Gasteiger partial charge on any atom is -0.378 e. The van der Waals surface area contributed by atoms with Crippen LogP contribution < -0.4 is 10.2 Å². The summed E-state index contributed by atoms with van der Waals surface area (Å²) in [5.74, 6) is 1.29. The van der Waals surface area contributed by atoms with Crippen LogP contribution in [0.4, 0.5) is 17.5 Å². The fraction of sp³-hybridized carbons (Fsp3) is 0.364. The average molecular weight is 401 g/mol. The van der Waals surface area contributed by atoms with Crippen LogP contribution in [0.2, 0.25) is 0 Å². The first-order chi connectivity index (χ1) is 14.8. The van der Waals surface area contributed by atoms with E-state index < -0.39 is 0 Å². The van der Waals surface area contributed by atoms with Gasteiger partial charge >= 0.3 is 0 Å². The van der Waals surface area contributed by atoms with Gasteiger partial charge < -0.3 is 19.5 Å². The van der Waals surface area contributed by atoms with Gasteiger partial charge in [0.2, 0.25) is 5.95 Å². The standard InChI is InChI=1S/C22H23N7O/c1-14-18(28-8-10-30-11-9-28)6-7-19(25-14)26-22-23-12-15-2-5-17-21(20(15)27-22)29(13-24-17)16-3-4-16/h2,5-7,12-13,16H,3-4,8-11H2,1H3,(H,23,25,26,27). The molecular weight excluding hydrogens is 378 g/mol. The first kappa shape index (κ1) is 17.6. The molecule has 4 heterocycles. The molecule has 3 aromatic heterocycles. The van der Waals surface area contributed by atoms with Crippen LogP contribution in [-0.4, -0.2) is 50.8 Å². The number of hydrogen-bond acceptors (Lipinski definition) is 7. The maximum Gasteiger partial charge on any atom is 0.228 e. The Kier molecular flexibility index (Phi) is 4.05. The zero-order valence-electron chi connectivity index (χ0n) is 16.9. The van der Waals surface area contributed by atoms with Crippen molar-refractivity contribution >= 4 is 39.4 Å². The predicted octanol–water partition coefficient (Wildman–Crippen LogP) is 3.60. The molecule has 1 aliphatic carbocycles. The largest absolute Gasteiger partial charge is 0.378 e. The maximum atomic E-state index is 5.45. The number of nitrogens with zero attached hydrogens (tertiary/aromatic N) is 6. The van der Waals surface area contributed by atoms with Gasteiger partial charge in [-0.1, -0.05) is 0 Å². The van der Waals surface area contributed by atoms with Crippen molar-refractivity contribution in [3.63, 3.8) is 0 Å². The third kappa shape index (κ3) is 3.04. The third-order valence-corrected chi connectivity index (χ3v) is 5.87. The van der Waals surface area contributed by atoms with E-state index in [1.807, 2.05) is 37.6 Å². The summed E-state index contributed by atoms with van der Waals surface area (Å²) < 4.78 is 7.71. The Labute approximate surface area is 173 Å². The molecule has 8 nitrogen and oxygen atoms in total. The van der Waals surface area contributed by atoms with Crippen molar-refractivity contribution in [2.75, 3.05) is 36.5 Å². The average Bonchev–Trinajstić information content (AvgIpc) is 3.52. The molecule has 4 aromatic rings. The van der Waals surface area contributed by atoms with E-state index in [2.05, 4.69) is 30.8 Å². The van der Waals surface area contributed by atoms with E-state index in [4.69, 9.17) is 14.7 Å². The topological polar surface area (TPSA) is 81.0 Å². The van der Waals surface area contributed by atoms with Crippen molar-refractivity contribution in [1.82, 2.24) is 24.5 Å². The van der Waals surface area contributed by atoms with Crippen molar-refractivity contribution in [3.8, 4) is 0 Å². The lowest BCUT2D eigenvalue weighted by Gasteiger charge is -2.29. The Morgan fingerprint density at radius 3 is 2.70 bits per heavy atom. The molecule has 0 amide bonds. The van der Waals surface area contributed by atoms with Gasteiger partial charge in [0, 0.05) is 30.7 Å². The summed E-state index contributed by atoms with van der Waals surface area (Å²) in [5, 5.41) is 4.30. The van der Waals surface area contributed by atoms with E-state index in [1.54, 1.807) is 0 Å². The molecule has 2 aliphatic rings. The molecule has 0 unspecified atom stereocenters. The molecule has 30 heavy (non-hydrogen) atoms. The second-order valence-corrected chi connectivity index (χ2v) is 7.97. The van der Waals surface area contributed by atoms with Gasteiger partial charge in [-0.3, -0.25) is 0 Å². The van der Waals surface area contributed by atoms with Crippen molar-refractivity contribution in [1.29, 1.82) is 0 Å². The number of benzene rings is 1. The van der Waals surface area contributed by atoms with Crippen LogP contribution in [0.25, 0.3) is 21.9 Å². The van der Waals surface area contributed by atoms with Crippen LogP contribution in [0.3, 0.4) is 0 Å². The number of imidazole rings is 1. The first-order valence-corrected chi connectivity index (χ1v) is 10.5. The van der Waals surface area contributed by atoms with Gasteiger partial charge in [0.1, 0.15) is 11.3 Å². The fourth-order valence-corrected chi connectivity index (χ4v) is 4.18. The van der Waals surface area contributed by atoms with Crippen LogP contribution in [0.5, 0.6) is 0 Å². The molecule has 1 aromatic carbocycles. The number of aryl methyl sites for hydroxylation is 1. The second-order valence-electron chi connectivity index (χ2n) is 7.97. The van der Waals surface area contributed by atoms with E-state index in [0.717, 1.165) is 65.4 Å². The van der Waals surface area contributed by atoms with Gasteiger partial charge in [0.25, 0.3) is 0 Å². The molecule has 1 N–H and O–H groups in total. The number of rotatable bonds is 4. The van der Waals surface area contributed by atoms with Crippen molar-refractivity contribution in [3.05, 3.63) is 42.5 Å². The zero-order chi connectivity index (χ0) is 20.1. The first-order valence-electron chi connectivity index (χ1n) is 10.5. The van der Waals surface area contributed by atoms with Crippen LogP contribution in [0.1, 0.15) is 24.6 Å². The summed E-state index contributed by atoms with van der Waals surface area (Å²) in [6.45, 7) is 5.35. The second kappa shape index (κ2) is 6.91. The number of pyridine rings is 1. The summed E-state index contributed by atoms with van der Waals surface area (Å²) in [6.07, 6.45) is 6.21. The SMILES string of the molecule is Cc1nc(Nc2ncc3ccc4ncn(C5CC5)c4c3n2)ccc1N1CCOCC1. The van der Waals surface area contributed by atoms with Crippen molar-refractivity contribution < 1.29 is 4.74 Å². The lowest BCUT2D eigenvalue weighted by molar-refractivity contribution is 0.122. The number of morpholine rings is 1. The highest BCUT2D eigenvalue weighted by atomic mass is 16.5. The normalized spacial score (nSPS) is 17.0. The quantitative estimate of drug-likeness (QED) is 0.560. The zero-order valence-corrected chi connectivity index (χ0v) is 16.9. The van der Waals surface area contributed by atoms with Crippen LogP contribution in [-0.2, 0) is 4.74 Å². The number of nitrogens with one attached hydrogen (secondary N) is 1. The summed E-state index contributed by atoms with van der Waals surface area (Å²) in [6, 6.07) is 8.72. The van der Waals surface area contributed by atoms with Gasteiger partial charge in [-0.15, -0.1) is 0 Å². The van der Waals surface area contributed by atoms with Crippen LogP contribution >= 0.6 is 0 Å². The highest BCUT2D eigenvalue weighted by molar-refractivity contribution is 6.02. The Morgan fingerprint density at radius 1 is 1.03 bits per heavy atom. The van der Waals surface area contributed by atoms with E-state index >= 15 is 0 Å². The molecule has 0 spiro atoms. The Balaban J connectivity index is 1.34. The van der Waals surface area contributed by atoms with Gasteiger partial charge in [0.05, 0.1) is 42.0 Å². The highest BCUT2D eigenvalue weighted by Crippen LogP contribution is 2.38. The van der Waals surface area contributed by atoms with Crippen LogP contribution in [0, 0.1) is 6.92 Å². The summed E-state index contributed by atoms with van der Waals surface area (Å²) >= 11 is 0. The van der Waals surface area contributed by atoms with E-state index in [0.29, 0.717) is 12.0 Å². The fourth-order valence-electron chi connectivity index (χ4n) is 4.18. The molecule has 0 radical (unpaired) electrons. The Hall–Kier alpha value is -3.26. The van der Waals surface area contributed by atoms with Gasteiger partial charge in [-0.2, -0.15) is 0 Å². The smallest absolute Gasteiger partial charge is 0.228 e. The summed E-state index contributed by atoms with van der Waals surface area (Å²) in [5.41, 5.74) is 5.13. The number of anilines is 3. The maximum absolute atomic E-state index is 5.45. The van der Waals surface area contributed by atoms with E-state index in [-0.39, 0.29) is 0 Å². The predicted molar refractivity (Wildman–Crippen MR) is 116 cm³/mol. The molecule has 1 saturated heterocycles. The molecular formula is C22H23N7O. The Morgan fingerprint density at radius 2 is 1.90 bits per heavy atom. The third-order valence-electron chi connectivity index (χ3n) is 5.87. The lowest BCUT2D eigenvalue weighted by Crippen LogP contribution is -2.36. The number of ether oxygens (including phenoxy) is 1. The summed E-state index contributed by atoms with van der Waals surface area (Å²) in [7, 11) is 0. The molecule has 8 heteroatoms. The van der Waals surface area contributed by atoms with Crippen molar-refractivity contribution in [2.45, 2.75) is 25.8 Å². The number of hydrogen-bond donors (Lipinski definition) is 1. The minimum atomic E-state index is 0.545. The Bertz CT molecular complexity index is 1240. The van der Waals surface area contributed by atoms with Gasteiger partial charge in [-0.25, -0.2) is 19.9 Å². The molecule has 0 atom stereocenters. The van der Waals surface area contributed by atoms with E-state index in [9.17, 15) is 0 Å². The monoisotopic (exact) mass is 401 g/mol. The van der Waals surface area contributed by atoms with Gasteiger partial charge in [0.15, 0.2) is 0 Å². The number of fused-ring (bicyclic) bond motifs is 3. The lowest BCUT2D eigenvalue weighted by atomic mass is 10.2. The minimum absolute atomic E-state index is 0.545. The summed E-state index contributed by atoms with van der Waals surface area (Å²) in [4.78, 5) is 21.0. The highest BCUT2D eigenvalue weighted by Gasteiger charge is 2.26. The molecule has 6 rings (SSSR count). The van der Waals surface area contributed by atoms with Gasteiger partial charge in [-0.05, 0) is 44.0 Å². The molecule has 2 fully saturated rings. The van der Waals surface area contributed by atoms with E-state index in [1.165, 1.54) is 12.8 Å². The molecule has 1 aliphatic heterocycles. The van der Waals surface area contributed by atoms with Crippen LogP contribution in [0.15, 0.2) is 36.8 Å². The number of aromatic nitrogens is 5.